The molecule has 2 heterocycles. The zero-order valence-electron chi connectivity index (χ0n) is 12.9. The molecule has 23 heavy (non-hydrogen) atoms. The number of amides is 2. The van der Waals surface area contributed by atoms with Crippen molar-refractivity contribution in [2.24, 2.45) is 0 Å². The third-order valence-electron chi connectivity index (χ3n) is 4.08. The van der Waals surface area contributed by atoms with Gasteiger partial charge in [0, 0.05) is 24.0 Å². The van der Waals surface area contributed by atoms with Gasteiger partial charge in [-0.3, -0.25) is 14.4 Å². The Kier molecular flexibility index (Phi) is 4.14. The minimum Gasteiger partial charge on any atom is -0.354 e. The molecule has 0 saturated carbocycles. The van der Waals surface area contributed by atoms with Crippen molar-refractivity contribution in [3.8, 4) is 0 Å². The molecule has 1 aliphatic heterocycles. The van der Waals surface area contributed by atoms with Crippen LogP contribution in [0.1, 0.15) is 24.0 Å². The number of fused-ring (bicyclic) bond motifs is 1. The summed E-state index contributed by atoms with van der Waals surface area (Å²) in [6.07, 6.45) is 1.37. The summed E-state index contributed by atoms with van der Waals surface area (Å²) in [5.74, 6) is -0.282. The van der Waals surface area contributed by atoms with E-state index in [9.17, 15) is 14.4 Å². The first-order chi connectivity index (χ1) is 11.0. The van der Waals surface area contributed by atoms with Gasteiger partial charge in [0.25, 0.3) is 5.56 Å². The quantitative estimate of drug-likeness (QED) is 0.779. The van der Waals surface area contributed by atoms with Crippen molar-refractivity contribution in [2.45, 2.75) is 32.2 Å². The number of hydrogen-bond donors (Lipinski definition) is 3. The molecule has 2 aromatic rings. The van der Waals surface area contributed by atoms with Gasteiger partial charge in [-0.05, 0) is 43.4 Å². The van der Waals surface area contributed by atoms with Crippen molar-refractivity contribution < 1.29 is 9.59 Å². The van der Waals surface area contributed by atoms with Crippen LogP contribution in [0.4, 0.5) is 0 Å². The smallest absolute Gasteiger partial charge is 0.251 e. The van der Waals surface area contributed by atoms with Gasteiger partial charge in [0.05, 0.1) is 0 Å². The predicted octanol–water partition coefficient (Wildman–Crippen LogP) is 0.774. The number of aryl methyl sites for hydroxylation is 1. The molecule has 1 aliphatic rings. The van der Waals surface area contributed by atoms with Crippen molar-refractivity contribution in [3.63, 3.8) is 0 Å². The molecule has 1 fully saturated rings. The van der Waals surface area contributed by atoms with E-state index in [-0.39, 0.29) is 17.4 Å². The van der Waals surface area contributed by atoms with E-state index in [0.29, 0.717) is 31.4 Å². The highest BCUT2D eigenvalue weighted by Crippen LogP contribution is 2.13. The zero-order valence-corrected chi connectivity index (χ0v) is 12.9. The molecule has 3 N–H and O–H groups in total. The highest BCUT2D eigenvalue weighted by Gasteiger charge is 2.26. The lowest BCUT2D eigenvalue weighted by molar-refractivity contribution is -0.125. The highest BCUT2D eigenvalue weighted by atomic mass is 16.2. The zero-order chi connectivity index (χ0) is 16.4. The van der Waals surface area contributed by atoms with Gasteiger partial charge in [0.15, 0.2) is 0 Å². The molecule has 0 spiro atoms. The maximum absolute atomic E-state index is 12.1. The third kappa shape index (κ3) is 3.41. The number of aromatic amines is 1. The molecule has 2 amide bonds. The van der Waals surface area contributed by atoms with E-state index in [1.165, 1.54) is 0 Å². The Balaban J connectivity index is 1.65. The minimum absolute atomic E-state index is 0.0912. The van der Waals surface area contributed by atoms with E-state index < -0.39 is 6.04 Å². The summed E-state index contributed by atoms with van der Waals surface area (Å²) in [6.45, 7) is 2.37. The van der Waals surface area contributed by atoms with Crippen LogP contribution in [0.5, 0.6) is 0 Å². The van der Waals surface area contributed by atoms with E-state index in [0.717, 1.165) is 16.5 Å². The molecule has 0 radical (unpaired) electrons. The predicted molar refractivity (Wildman–Crippen MR) is 87.2 cm³/mol. The molecular weight excluding hydrogens is 294 g/mol. The number of carbonyl (C=O) groups is 2. The number of aromatic nitrogens is 1. The summed E-state index contributed by atoms with van der Waals surface area (Å²) in [4.78, 5) is 38.0. The maximum atomic E-state index is 12.1. The van der Waals surface area contributed by atoms with Crippen LogP contribution < -0.4 is 16.2 Å². The highest BCUT2D eigenvalue weighted by molar-refractivity contribution is 5.90. The molecule has 3 rings (SSSR count). The molecule has 120 valence electrons. The lowest BCUT2D eigenvalue weighted by Crippen LogP contribution is -2.42. The Hall–Kier alpha value is -2.63. The number of H-pyrrole nitrogens is 1. The van der Waals surface area contributed by atoms with Crippen molar-refractivity contribution in [3.05, 3.63) is 45.7 Å². The van der Waals surface area contributed by atoms with Gasteiger partial charge in [0.2, 0.25) is 11.8 Å². The van der Waals surface area contributed by atoms with Crippen LogP contribution in [0, 0.1) is 6.92 Å². The topological polar surface area (TPSA) is 91.1 Å². The van der Waals surface area contributed by atoms with Crippen LogP contribution in [-0.2, 0) is 16.0 Å². The minimum atomic E-state index is -0.444. The lowest BCUT2D eigenvalue weighted by atomic mass is 10.1. The van der Waals surface area contributed by atoms with Gasteiger partial charge in [-0.2, -0.15) is 0 Å². The van der Waals surface area contributed by atoms with E-state index in [2.05, 4.69) is 15.6 Å². The number of carbonyl (C=O) groups excluding carboxylic acids is 2. The van der Waals surface area contributed by atoms with Crippen LogP contribution in [0.2, 0.25) is 0 Å². The normalized spacial score (nSPS) is 17.3. The first-order valence-electron chi connectivity index (χ1n) is 7.72. The lowest BCUT2D eigenvalue weighted by Gasteiger charge is -2.11. The van der Waals surface area contributed by atoms with Gasteiger partial charge in [-0.25, -0.2) is 0 Å². The maximum Gasteiger partial charge on any atom is 0.251 e. The fraction of sp³-hybridized carbons (Fsp3) is 0.353. The fourth-order valence-electron chi connectivity index (χ4n) is 2.81. The molecule has 1 aromatic carbocycles. The molecule has 1 aromatic heterocycles. The SMILES string of the molecule is Cc1ccc2[nH]c(=O)c(CCNC(=O)C3CCC(=O)N3)cc2c1. The largest absolute Gasteiger partial charge is 0.354 e. The molecule has 1 atom stereocenters. The number of rotatable bonds is 4. The molecule has 0 bridgehead atoms. The number of benzene rings is 1. The first kappa shape index (κ1) is 15.3. The summed E-state index contributed by atoms with van der Waals surface area (Å²) in [7, 11) is 0. The Bertz CT molecular complexity index is 825. The third-order valence-corrected chi connectivity index (χ3v) is 4.08. The summed E-state index contributed by atoms with van der Waals surface area (Å²) >= 11 is 0. The molecule has 6 nitrogen and oxygen atoms in total. The second-order valence-corrected chi connectivity index (χ2v) is 5.91. The summed E-state index contributed by atoms with van der Waals surface area (Å²) in [5, 5.41) is 6.38. The van der Waals surface area contributed by atoms with E-state index >= 15 is 0 Å². The van der Waals surface area contributed by atoms with E-state index in [1.807, 2.05) is 31.2 Å². The van der Waals surface area contributed by atoms with Crippen molar-refractivity contribution in [1.29, 1.82) is 0 Å². The van der Waals surface area contributed by atoms with Gasteiger partial charge in [-0.1, -0.05) is 11.6 Å². The first-order valence-corrected chi connectivity index (χ1v) is 7.72. The molecule has 6 heteroatoms. The monoisotopic (exact) mass is 313 g/mol. The summed E-state index contributed by atoms with van der Waals surface area (Å²) in [6, 6.07) is 7.28. The second kappa shape index (κ2) is 6.24. The Labute approximate surface area is 133 Å². The van der Waals surface area contributed by atoms with Gasteiger partial charge >= 0.3 is 0 Å². The van der Waals surface area contributed by atoms with Crippen LogP contribution in [0.25, 0.3) is 10.9 Å². The standard InChI is InChI=1S/C17H19N3O3/c1-10-2-3-13-12(8-10)9-11(16(22)20-13)6-7-18-17(23)14-4-5-15(21)19-14/h2-3,8-9,14H,4-7H2,1H3,(H,18,23)(H,19,21)(H,20,22). The van der Waals surface area contributed by atoms with E-state index in [1.54, 1.807) is 0 Å². The number of nitrogens with one attached hydrogen (secondary N) is 3. The summed E-state index contributed by atoms with van der Waals surface area (Å²) < 4.78 is 0. The van der Waals surface area contributed by atoms with Crippen LogP contribution in [0.3, 0.4) is 0 Å². The Morgan fingerprint density at radius 2 is 2.13 bits per heavy atom. The van der Waals surface area contributed by atoms with Crippen LogP contribution >= 0.6 is 0 Å². The average molecular weight is 313 g/mol. The average Bonchev–Trinajstić information content (AvgIpc) is 2.95. The van der Waals surface area contributed by atoms with Crippen molar-refractivity contribution >= 4 is 22.7 Å². The molecule has 1 unspecified atom stereocenters. The second-order valence-electron chi connectivity index (χ2n) is 5.91. The Morgan fingerprint density at radius 1 is 1.30 bits per heavy atom. The molecule has 0 aliphatic carbocycles. The van der Waals surface area contributed by atoms with Gasteiger partial charge < -0.3 is 15.6 Å². The van der Waals surface area contributed by atoms with E-state index in [4.69, 9.17) is 0 Å². The summed E-state index contributed by atoms with van der Waals surface area (Å²) in [5.41, 5.74) is 2.44. The van der Waals surface area contributed by atoms with Crippen LogP contribution in [0.15, 0.2) is 29.1 Å². The molecular formula is C17H19N3O3. The van der Waals surface area contributed by atoms with Crippen LogP contribution in [-0.4, -0.2) is 29.4 Å². The Morgan fingerprint density at radius 3 is 2.87 bits per heavy atom. The van der Waals surface area contributed by atoms with Crippen molar-refractivity contribution in [2.75, 3.05) is 6.54 Å². The van der Waals surface area contributed by atoms with Gasteiger partial charge in [0.1, 0.15) is 6.04 Å². The van der Waals surface area contributed by atoms with Crippen molar-refractivity contribution in [1.82, 2.24) is 15.6 Å². The molecule has 1 saturated heterocycles. The fourth-order valence-corrected chi connectivity index (χ4v) is 2.81. The van der Waals surface area contributed by atoms with Gasteiger partial charge in [-0.15, -0.1) is 0 Å². The number of hydrogen-bond acceptors (Lipinski definition) is 3. The number of pyridine rings is 1.